The standard InChI is InChI=1S/C13H12O/c1-2-3-4-5-6-7-8-9-10-11-12-13-14/h2-6,11-12,14H,1,13H2. The monoisotopic (exact) mass is 184 g/mol. The van der Waals surface area contributed by atoms with Crippen molar-refractivity contribution in [1.29, 1.82) is 0 Å². The molecular formula is C13H12O. The third kappa shape index (κ3) is 10.0. The first-order valence-electron chi connectivity index (χ1n) is 4.13. The predicted molar refractivity (Wildman–Crippen MR) is 60.3 cm³/mol. The molecule has 0 atom stereocenters. The van der Waals surface area contributed by atoms with E-state index in [1.165, 1.54) is 0 Å². The Balaban J connectivity index is 3.86. The van der Waals surface area contributed by atoms with Gasteiger partial charge in [0.2, 0.25) is 0 Å². The summed E-state index contributed by atoms with van der Waals surface area (Å²) in [6.45, 7) is 3.54. The Kier molecular flexibility index (Phi) is 9.49. The summed E-state index contributed by atoms with van der Waals surface area (Å²) >= 11 is 0. The van der Waals surface area contributed by atoms with Crippen molar-refractivity contribution in [2.24, 2.45) is 0 Å². The number of hydrogen-bond acceptors (Lipinski definition) is 1. The molecule has 0 aromatic heterocycles. The van der Waals surface area contributed by atoms with Crippen LogP contribution >= 0.6 is 0 Å². The Hall–Kier alpha value is -1.96. The number of hydrogen-bond donors (Lipinski definition) is 1. The number of allylic oxidation sites excluding steroid dienone is 6. The molecule has 0 unspecified atom stereocenters. The maximum Gasteiger partial charge on any atom is 0.0621 e. The molecule has 1 nitrogen and oxygen atoms in total. The van der Waals surface area contributed by atoms with Crippen molar-refractivity contribution in [1.82, 2.24) is 0 Å². The van der Waals surface area contributed by atoms with Crippen LogP contribution in [-0.4, -0.2) is 11.7 Å². The molecular weight excluding hydrogens is 172 g/mol. The second-order valence-corrected chi connectivity index (χ2v) is 2.10. The molecule has 0 rings (SSSR count). The van der Waals surface area contributed by atoms with E-state index in [1.54, 1.807) is 30.4 Å². The summed E-state index contributed by atoms with van der Waals surface area (Å²) < 4.78 is 0. The molecule has 0 spiro atoms. The maximum atomic E-state index is 8.37. The molecule has 0 amide bonds. The van der Waals surface area contributed by atoms with Gasteiger partial charge in [-0.05, 0) is 24.0 Å². The second kappa shape index (κ2) is 11.0. The zero-order valence-electron chi connectivity index (χ0n) is 7.90. The van der Waals surface area contributed by atoms with Crippen LogP contribution in [0, 0.1) is 23.7 Å². The van der Waals surface area contributed by atoms with E-state index >= 15 is 0 Å². The average molecular weight is 184 g/mol. The van der Waals surface area contributed by atoms with E-state index in [2.05, 4.69) is 30.3 Å². The summed E-state index contributed by atoms with van der Waals surface area (Å²) in [5, 5.41) is 8.37. The average Bonchev–Trinajstić information content (AvgIpc) is 2.21. The summed E-state index contributed by atoms with van der Waals surface area (Å²) in [4.78, 5) is 0. The summed E-state index contributed by atoms with van der Waals surface area (Å²) in [5.41, 5.74) is 0. The van der Waals surface area contributed by atoms with E-state index in [9.17, 15) is 0 Å². The molecule has 0 saturated carbocycles. The van der Waals surface area contributed by atoms with Gasteiger partial charge in [0.15, 0.2) is 0 Å². The van der Waals surface area contributed by atoms with Crippen LogP contribution in [0.15, 0.2) is 49.1 Å². The fraction of sp³-hybridized carbons (Fsp3) is 0.0769. The molecule has 14 heavy (non-hydrogen) atoms. The van der Waals surface area contributed by atoms with E-state index < -0.39 is 0 Å². The minimum atomic E-state index is 0.00829. The van der Waals surface area contributed by atoms with Crippen molar-refractivity contribution in [3.8, 4) is 23.7 Å². The van der Waals surface area contributed by atoms with E-state index in [4.69, 9.17) is 5.11 Å². The number of aliphatic hydroxyl groups is 1. The molecule has 70 valence electrons. The molecule has 0 bridgehead atoms. The first kappa shape index (κ1) is 12.0. The van der Waals surface area contributed by atoms with E-state index in [0.29, 0.717) is 0 Å². The highest BCUT2D eigenvalue weighted by molar-refractivity contribution is 5.34. The van der Waals surface area contributed by atoms with Crippen molar-refractivity contribution in [3.05, 3.63) is 49.1 Å². The molecule has 1 heteroatoms. The van der Waals surface area contributed by atoms with Crippen molar-refractivity contribution < 1.29 is 5.11 Å². The number of aliphatic hydroxyl groups excluding tert-OH is 1. The third-order valence-corrected chi connectivity index (χ3v) is 1.05. The van der Waals surface area contributed by atoms with Crippen molar-refractivity contribution in [3.63, 3.8) is 0 Å². The largest absolute Gasteiger partial charge is 0.392 e. The van der Waals surface area contributed by atoms with Crippen LogP contribution < -0.4 is 0 Å². The highest BCUT2D eigenvalue weighted by Crippen LogP contribution is 1.75. The molecule has 0 heterocycles. The van der Waals surface area contributed by atoms with Crippen molar-refractivity contribution in [2.45, 2.75) is 0 Å². The van der Waals surface area contributed by atoms with Gasteiger partial charge in [0.25, 0.3) is 0 Å². The van der Waals surface area contributed by atoms with E-state index in [0.717, 1.165) is 0 Å². The lowest BCUT2D eigenvalue weighted by molar-refractivity contribution is 0.343. The Morgan fingerprint density at radius 3 is 2.36 bits per heavy atom. The zero-order chi connectivity index (χ0) is 10.5. The van der Waals surface area contributed by atoms with Gasteiger partial charge in [0.05, 0.1) is 6.61 Å². The van der Waals surface area contributed by atoms with Gasteiger partial charge in [-0.2, -0.15) is 0 Å². The fourth-order valence-electron chi connectivity index (χ4n) is 0.514. The molecule has 0 saturated heterocycles. The molecule has 0 fully saturated rings. The predicted octanol–water partition coefficient (Wildman–Crippen LogP) is 1.84. The first-order chi connectivity index (χ1) is 6.91. The number of rotatable bonds is 3. The minimum Gasteiger partial charge on any atom is -0.392 e. The molecule has 0 aliphatic rings. The van der Waals surface area contributed by atoms with Crippen LogP contribution in [0.2, 0.25) is 0 Å². The molecule has 0 aliphatic heterocycles. The van der Waals surface area contributed by atoms with E-state index in [-0.39, 0.29) is 6.61 Å². The second-order valence-electron chi connectivity index (χ2n) is 2.10. The molecule has 0 radical (unpaired) electrons. The van der Waals surface area contributed by atoms with Gasteiger partial charge < -0.3 is 5.11 Å². The Labute approximate surface area is 85.2 Å². The Morgan fingerprint density at radius 1 is 1.00 bits per heavy atom. The molecule has 0 aromatic rings. The zero-order valence-corrected chi connectivity index (χ0v) is 7.90. The van der Waals surface area contributed by atoms with Gasteiger partial charge in [-0.15, -0.1) is 0 Å². The van der Waals surface area contributed by atoms with E-state index in [1.807, 2.05) is 12.2 Å². The highest BCUT2D eigenvalue weighted by Gasteiger charge is 1.61. The lowest BCUT2D eigenvalue weighted by atomic mass is 10.4. The summed E-state index contributed by atoms with van der Waals surface area (Å²) in [6, 6.07) is 0. The van der Waals surface area contributed by atoms with Crippen LogP contribution in [0.5, 0.6) is 0 Å². The first-order valence-corrected chi connectivity index (χ1v) is 4.13. The van der Waals surface area contributed by atoms with Crippen molar-refractivity contribution >= 4 is 0 Å². The van der Waals surface area contributed by atoms with Crippen LogP contribution in [0.1, 0.15) is 0 Å². The van der Waals surface area contributed by atoms with Crippen LogP contribution in [0.3, 0.4) is 0 Å². The Morgan fingerprint density at radius 2 is 1.71 bits per heavy atom. The summed E-state index contributed by atoms with van der Waals surface area (Å²) in [5.74, 6) is 10.6. The summed E-state index contributed by atoms with van der Waals surface area (Å²) in [6.07, 6.45) is 12.0. The molecule has 1 N–H and O–H groups in total. The third-order valence-electron chi connectivity index (χ3n) is 1.05. The fourth-order valence-corrected chi connectivity index (χ4v) is 0.514. The Bertz CT molecular complexity index is 348. The lowest BCUT2D eigenvalue weighted by Gasteiger charge is -1.68. The topological polar surface area (TPSA) is 20.2 Å². The van der Waals surface area contributed by atoms with Gasteiger partial charge in [0.1, 0.15) is 0 Å². The lowest BCUT2D eigenvalue weighted by Crippen LogP contribution is -1.67. The van der Waals surface area contributed by atoms with Gasteiger partial charge in [-0.25, -0.2) is 0 Å². The van der Waals surface area contributed by atoms with Crippen LogP contribution in [0.4, 0.5) is 0 Å². The minimum absolute atomic E-state index is 0.00829. The van der Waals surface area contributed by atoms with Crippen molar-refractivity contribution in [2.75, 3.05) is 6.61 Å². The maximum absolute atomic E-state index is 8.37. The SMILES string of the molecule is C=CC=CC=CC#CC#CC=CCO. The molecule has 0 aromatic carbocycles. The highest BCUT2D eigenvalue weighted by atomic mass is 16.2. The van der Waals surface area contributed by atoms with Gasteiger partial charge in [-0.3, -0.25) is 0 Å². The van der Waals surface area contributed by atoms with Gasteiger partial charge in [0, 0.05) is 0 Å². The smallest absolute Gasteiger partial charge is 0.0621 e. The van der Waals surface area contributed by atoms with Gasteiger partial charge in [-0.1, -0.05) is 48.8 Å². The summed E-state index contributed by atoms with van der Waals surface area (Å²) in [7, 11) is 0. The normalized spacial score (nSPS) is 9.79. The molecule has 0 aliphatic carbocycles. The van der Waals surface area contributed by atoms with Crippen LogP contribution in [-0.2, 0) is 0 Å². The van der Waals surface area contributed by atoms with Crippen LogP contribution in [0.25, 0.3) is 0 Å². The quantitative estimate of drug-likeness (QED) is 0.524. The van der Waals surface area contributed by atoms with Gasteiger partial charge >= 0.3 is 0 Å².